The normalized spacial score (nSPS) is 14.9. The number of fused-ring (bicyclic) bond motifs is 1. The number of rotatable bonds is 3. The first-order valence-corrected chi connectivity index (χ1v) is 10.5. The fraction of sp³-hybridized carbons (Fsp3) is 0.263. The lowest BCUT2D eigenvalue weighted by atomic mass is 10.2. The molecule has 4 aromatic rings. The predicted molar refractivity (Wildman–Crippen MR) is 112 cm³/mol. The Morgan fingerprint density at radius 2 is 1.74 bits per heavy atom. The van der Waals surface area contributed by atoms with E-state index in [2.05, 4.69) is 37.1 Å². The van der Waals surface area contributed by atoms with Crippen molar-refractivity contribution in [2.24, 2.45) is 0 Å². The van der Waals surface area contributed by atoms with Gasteiger partial charge in [0.2, 0.25) is 5.13 Å². The molecule has 27 heavy (non-hydrogen) atoms. The smallest absolute Gasteiger partial charge is 0.205 e. The van der Waals surface area contributed by atoms with Crippen molar-refractivity contribution in [1.29, 1.82) is 0 Å². The molecular weight excluding hydrogens is 376 g/mol. The van der Waals surface area contributed by atoms with Crippen LogP contribution in [0.15, 0.2) is 42.7 Å². The second kappa shape index (κ2) is 6.86. The van der Waals surface area contributed by atoms with Crippen molar-refractivity contribution < 1.29 is 0 Å². The monoisotopic (exact) mass is 394 g/mol. The molecule has 6 nitrogen and oxygen atoms in total. The van der Waals surface area contributed by atoms with Gasteiger partial charge in [0, 0.05) is 48.2 Å². The summed E-state index contributed by atoms with van der Waals surface area (Å²) in [5, 5.41) is 2.16. The van der Waals surface area contributed by atoms with Crippen molar-refractivity contribution in [2.75, 3.05) is 36.0 Å². The van der Waals surface area contributed by atoms with Crippen molar-refractivity contribution in [3.8, 4) is 11.4 Å². The molecule has 0 aliphatic carbocycles. The zero-order chi connectivity index (χ0) is 18.2. The van der Waals surface area contributed by atoms with Gasteiger partial charge < -0.3 is 9.80 Å². The second-order valence-electron chi connectivity index (χ2n) is 6.51. The number of hydrogen-bond acceptors (Lipinski definition) is 8. The molecule has 1 fully saturated rings. The number of aromatic nitrogens is 4. The SMILES string of the molecule is Cc1cc2c(N3CCN(c4nc(-c5ccccc5)ns4)CC3)ncnc2s1. The van der Waals surface area contributed by atoms with E-state index < -0.39 is 0 Å². The molecule has 0 bridgehead atoms. The molecule has 5 rings (SSSR count). The summed E-state index contributed by atoms with van der Waals surface area (Å²) in [5.41, 5.74) is 1.06. The Morgan fingerprint density at radius 1 is 0.963 bits per heavy atom. The minimum Gasteiger partial charge on any atom is -0.352 e. The summed E-state index contributed by atoms with van der Waals surface area (Å²) < 4.78 is 4.54. The zero-order valence-electron chi connectivity index (χ0n) is 14.9. The number of anilines is 2. The topological polar surface area (TPSA) is 58.0 Å². The first-order valence-electron chi connectivity index (χ1n) is 8.88. The standard InChI is InChI=1S/C19H18N6S2/c1-13-11-15-17(20-12-21-18(15)26-13)24-7-9-25(10-8-24)19-22-16(23-27-19)14-5-3-2-4-6-14/h2-6,11-12H,7-10H2,1H3. The molecular formula is C19H18N6S2. The van der Waals surface area contributed by atoms with Crippen LogP contribution >= 0.6 is 22.9 Å². The van der Waals surface area contributed by atoms with E-state index in [0.29, 0.717) is 0 Å². The molecule has 1 saturated heterocycles. The van der Waals surface area contributed by atoms with Crippen molar-refractivity contribution >= 4 is 44.0 Å². The number of aryl methyl sites for hydroxylation is 1. The van der Waals surface area contributed by atoms with Crippen LogP contribution in [0, 0.1) is 6.92 Å². The molecule has 0 atom stereocenters. The molecule has 4 heterocycles. The van der Waals surface area contributed by atoms with Gasteiger partial charge in [0.05, 0.1) is 5.39 Å². The van der Waals surface area contributed by atoms with E-state index in [9.17, 15) is 0 Å². The van der Waals surface area contributed by atoms with Crippen LogP contribution in [-0.2, 0) is 0 Å². The van der Waals surface area contributed by atoms with Crippen LogP contribution < -0.4 is 9.80 Å². The Labute approximate surface area is 165 Å². The van der Waals surface area contributed by atoms with Crippen LogP contribution in [0.25, 0.3) is 21.6 Å². The molecule has 1 aliphatic heterocycles. The third-order valence-electron chi connectivity index (χ3n) is 4.73. The lowest BCUT2D eigenvalue weighted by Crippen LogP contribution is -2.46. The first kappa shape index (κ1) is 16.6. The molecule has 136 valence electrons. The Hall–Kier alpha value is -2.58. The summed E-state index contributed by atoms with van der Waals surface area (Å²) in [4.78, 5) is 20.7. The summed E-state index contributed by atoms with van der Waals surface area (Å²) in [6, 6.07) is 12.3. The third kappa shape index (κ3) is 3.15. The summed E-state index contributed by atoms with van der Waals surface area (Å²) in [5.74, 6) is 1.86. The van der Waals surface area contributed by atoms with Crippen LogP contribution in [0.3, 0.4) is 0 Å². The minimum absolute atomic E-state index is 0.810. The average molecular weight is 395 g/mol. The van der Waals surface area contributed by atoms with E-state index in [-0.39, 0.29) is 0 Å². The number of benzene rings is 1. The first-order chi connectivity index (χ1) is 13.3. The van der Waals surface area contributed by atoms with E-state index in [0.717, 1.165) is 58.7 Å². The Bertz CT molecular complexity index is 1070. The maximum absolute atomic E-state index is 4.75. The molecule has 0 spiro atoms. The number of thiophene rings is 1. The quantitative estimate of drug-likeness (QED) is 0.526. The fourth-order valence-electron chi connectivity index (χ4n) is 3.37. The van der Waals surface area contributed by atoms with Gasteiger partial charge in [-0.15, -0.1) is 11.3 Å². The molecule has 3 aromatic heterocycles. The van der Waals surface area contributed by atoms with Gasteiger partial charge in [-0.25, -0.2) is 9.97 Å². The molecule has 0 amide bonds. The van der Waals surface area contributed by atoms with Crippen molar-refractivity contribution in [3.63, 3.8) is 0 Å². The van der Waals surface area contributed by atoms with Gasteiger partial charge in [0.1, 0.15) is 17.0 Å². The van der Waals surface area contributed by atoms with Gasteiger partial charge in [-0.1, -0.05) is 30.3 Å². The van der Waals surface area contributed by atoms with Crippen LogP contribution in [0.4, 0.5) is 10.9 Å². The molecule has 0 unspecified atom stereocenters. The lowest BCUT2D eigenvalue weighted by molar-refractivity contribution is 0.647. The molecule has 1 aromatic carbocycles. The van der Waals surface area contributed by atoms with Crippen molar-refractivity contribution in [1.82, 2.24) is 19.3 Å². The van der Waals surface area contributed by atoms with E-state index in [1.165, 1.54) is 16.4 Å². The lowest BCUT2D eigenvalue weighted by Gasteiger charge is -2.35. The largest absolute Gasteiger partial charge is 0.352 e. The maximum Gasteiger partial charge on any atom is 0.205 e. The van der Waals surface area contributed by atoms with Crippen LogP contribution in [0.5, 0.6) is 0 Å². The van der Waals surface area contributed by atoms with Gasteiger partial charge in [-0.3, -0.25) is 0 Å². The van der Waals surface area contributed by atoms with Crippen LogP contribution in [-0.4, -0.2) is 45.5 Å². The van der Waals surface area contributed by atoms with Crippen LogP contribution in [0.2, 0.25) is 0 Å². The Morgan fingerprint density at radius 3 is 2.56 bits per heavy atom. The average Bonchev–Trinajstić information content (AvgIpc) is 3.35. The maximum atomic E-state index is 4.75. The van der Waals surface area contributed by atoms with E-state index in [4.69, 9.17) is 4.98 Å². The minimum atomic E-state index is 0.810. The van der Waals surface area contributed by atoms with E-state index in [1.807, 2.05) is 30.3 Å². The highest BCUT2D eigenvalue weighted by atomic mass is 32.1. The molecule has 0 N–H and O–H groups in total. The predicted octanol–water partition coefficient (Wildman–Crippen LogP) is 3.84. The second-order valence-corrected chi connectivity index (χ2v) is 8.48. The van der Waals surface area contributed by atoms with E-state index >= 15 is 0 Å². The molecule has 8 heteroatoms. The fourth-order valence-corrected chi connectivity index (χ4v) is 4.95. The van der Waals surface area contributed by atoms with Gasteiger partial charge in [-0.05, 0) is 13.0 Å². The van der Waals surface area contributed by atoms with Gasteiger partial charge in [0.15, 0.2) is 5.82 Å². The van der Waals surface area contributed by atoms with E-state index in [1.54, 1.807) is 17.7 Å². The molecule has 1 aliphatic rings. The summed E-state index contributed by atoms with van der Waals surface area (Å²) in [7, 11) is 0. The molecule has 0 radical (unpaired) electrons. The highest BCUT2D eigenvalue weighted by Crippen LogP contribution is 2.31. The number of piperazine rings is 1. The number of hydrogen-bond donors (Lipinski definition) is 0. The Kier molecular flexibility index (Phi) is 4.21. The highest BCUT2D eigenvalue weighted by molar-refractivity contribution is 7.18. The summed E-state index contributed by atoms with van der Waals surface area (Å²) in [6.45, 7) is 5.78. The van der Waals surface area contributed by atoms with Crippen molar-refractivity contribution in [2.45, 2.75) is 6.92 Å². The molecule has 0 saturated carbocycles. The van der Waals surface area contributed by atoms with Gasteiger partial charge >= 0.3 is 0 Å². The van der Waals surface area contributed by atoms with Crippen molar-refractivity contribution in [3.05, 3.63) is 47.6 Å². The Balaban J connectivity index is 1.32. The van der Waals surface area contributed by atoms with Crippen LogP contribution in [0.1, 0.15) is 4.88 Å². The number of nitrogens with zero attached hydrogens (tertiary/aromatic N) is 6. The van der Waals surface area contributed by atoms with Gasteiger partial charge in [0.25, 0.3) is 0 Å². The summed E-state index contributed by atoms with van der Waals surface area (Å²) in [6.07, 6.45) is 1.68. The van der Waals surface area contributed by atoms with Gasteiger partial charge in [-0.2, -0.15) is 9.36 Å². The summed E-state index contributed by atoms with van der Waals surface area (Å²) >= 11 is 3.20. The zero-order valence-corrected chi connectivity index (χ0v) is 16.5. The highest BCUT2D eigenvalue weighted by Gasteiger charge is 2.23. The third-order valence-corrected chi connectivity index (χ3v) is 6.46.